The smallest absolute Gasteiger partial charge is 0.269 e. The first-order valence-electron chi connectivity index (χ1n) is 5.46. The van der Waals surface area contributed by atoms with Crippen molar-refractivity contribution < 1.29 is 4.92 Å². The first kappa shape index (κ1) is 12.1. The van der Waals surface area contributed by atoms with Gasteiger partial charge in [0.1, 0.15) is 0 Å². The Kier molecular flexibility index (Phi) is 3.59. The molecule has 0 atom stereocenters. The van der Waals surface area contributed by atoms with Crippen LogP contribution in [0.4, 0.5) is 5.69 Å². The number of nitro benzene ring substituents is 1. The zero-order valence-corrected chi connectivity index (χ0v) is 9.61. The number of aromatic nitrogens is 2. The van der Waals surface area contributed by atoms with E-state index in [9.17, 15) is 10.1 Å². The molecule has 1 aromatic carbocycles. The summed E-state index contributed by atoms with van der Waals surface area (Å²) in [4.78, 5) is 18.5. The molecule has 0 aliphatic heterocycles. The van der Waals surface area contributed by atoms with Gasteiger partial charge in [-0.1, -0.05) is 0 Å². The lowest BCUT2D eigenvalue weighted by Crippen LogP contribution is -2.03. The van der Waals surface area contributed by atoms with Crippen LogP contribution in [0.1, 0.15) is 5.56 Å². The maximum Gasteiger partial charge on any atom is 0.269 e. The predicted octanol–water partition coefficient (Wildman–Crippen LogP) is 1.55. The second-order valence-corrected chi connectivity index (χ2v) is 3.76. The first-order valence-corrected chi connectivity index (χ1v) is 5.46. The SMILES string of the molecule is NCCc1cnc(-c2ccc([N+](=O)[O-])cc2)nc1. The predicted molar refractivity (Wildman–Crippen MR) is 66.9 cm³/mol. The van der Waals surface area contributed by atoms with Gasteiger partial charge in [-0.15, -0.1) is 0 Å². The summed E-state index contributed by atoms with van der Waals surface area (Å²) in [5, 5.41) is 10.5. The van der Waals surface area contributed by atoms with Gasteiger partial charge in [0.2, 0.25) is 0 Å². The van der Waals surface area contributed by atoms with Gasteiger partial charge in [0.15, 0.2) is 5.82 Å². The van der Waals surface area contributed by atoms with Crippen molar-refractivity contribution in [1.29, 1.82) is 0 Å². The van der Waals surface area contributed by atoms with Crippen molar-refractivity contribution in [1.82, 2.24) is 9.97 Å². The number of rotatable bonds is 4. The van der Waals surface area contributed by atoms with Gasteiger partial charge in [0, 0.05) is 30.1 Å². The zero-order valence-electron chi connectivity index (χ0n) is 9.61. The van der Waals surface area contributed by atoms with Gasteiger partial charge in [0.25, 0.3) is 5.69 Å². The van der Waals surface area contributed by atoms with Crippen molar-refractivity contribution in [3.8, 4) is 11.4 Å². The van der Waals surface area contributed by atoms with Gasteiger partial charge in [-0.05, 0) is 30.7 Å². The third-order valence-corrected chi connectivity index (χ3v) is 2.47. The van der Waals surface area contributed by atoms with Gasteiger partial charge in [0.05, 0.1) is 4.92 Å². The van der Waals surface area contributed by atoms with Gasteiger partial charge < -0.3 is 5.73 Å². The van der Waals surface area contributed by atoms with E-state index in [1.54, 1.807) is 24.5 Å². The highest BCUT2D eigenvalue weighted by Gasteiger charge is 2.06. The summed E-state index contributed by atoms with van der Waals surface area (Å²) in [5.41, 5.74) is 7.21. The van der Waals surface area contributed by atoms with Crippen molar-refractivity contribution >= 4 is 5.69 Å². The van der Waals surface area contributed by atoms with Crippen LogP contribution in [0.25, 0.3) is 11.4 Å². The molecule has 0 saturated carbocycles. The van der Waals surface area contributed by atoms with E-state index in [2.05, 4.69) is 9.97 Å². The van der Waals surface area contributed by atoms with E-state index in [4.69, 9.17) is 5.73 Å². The van der Waals surface area contributed by atoms with Crippen LogP contribution >= 0.6 is 0 Å². The number of nitro groups is 1. The second kappa shape index (κ2) is 5.33. The Hall–Kier alpha value is -2.34. The molecule has 0 unspecified atom stereocenters. The molecule has 1 aromatic heterocycles. The van der Waals surface area contributed by atoms with E-state index >= 15 is 0 Å². The summed E-state index contributed by atoms with van der Waals surface area (Å²) in [7, 11) is 0. The Morgan fingerprint density at radius 2 is 1.78 bits per heavy atom. The normalized spacial score (nSPS) is 10.3. The van der Waals surface area contributed by atoms with Crippen LogP contribution in [0.2, 0.25) is 0 Å². The van der Waals surface area contributed by atoms with Gasteiger partial charge >= 0.3 is 0 Å². The summed E-state index contributed by atoms with van der Waals surface area (Å²) >= 11 is 0. The lowest BCUT2D eigenvalue weighted by atomic mass is 10.2. The number of hydrogen-bond donors (Lipinski definition) is 1. The first-order chi connectivity index (χ1) is 8.70. The second-order valence-electron chi connectivity index (χ2n) is 3.76. The third-order valence-electron chi connectivity index (χ3n) is 2.47. The fourth-order valence-electron chi connectivity index (χ4n) is 1.53. The highest BCUT2D eigenvalue weighted by atomic mass is 16.6. The van der Waals surface area contributed by atoms with Crippen LogP contribution in [0.15, 0.2) is 36.7 Å². The summed E-state index contributed by atoms with van der Waals surface area (Å²) in [6.07, 6.45) is 4.17. The number of nitrogens with two attached hydrogens (primary N) is 1. The maximum atomic E-state index is 10.5. The molecule has 92 valence electrons. The molecule has 0 saturated heterocycles. The Labute approximate surface area is 104 Å². The minimum atomic E-state index is -0.436. The Morgan fingerprint density at radius 1 is 1.17 bits per heavy atom. The van der Waals surface area contributed by atoms with Crippen molar-refractivity contribution in [2.24, 2.45) is 5.73 Å². The standard InChI is InChI=1S/C12H12N4O2/c13-6-5-9-7-14-12(15-8-9)10-1-3-11(4-2-10)16(17)18/h1-4,7-8H,5-6,13H2. The largest absolute Gasteiger partial charge is 0.330 e. The molecule has 2 rings (SSSR count). The number of hydrogen-bond acceptors (Lipinski definition) is 5. The van der Waals surface area contributed by atoms with Gasteiger partial charge in [-0.3, -0.25) is 10.1 Å². The van der Waals surface area contributed by atoms with E-state index in [0.29, 0.717) is 12.4 Å². The van der Waals surface area contributed by atoms with E-state index in [1.807, 2.05) is 0 Å². The summed E-state index contributed by atoms with van der Waals surface area (Å²) < 4.78 is 0. The molecule has 2 N–H and O–H groups in total. The molecule has 2 aromatic rings. The molecule has 0 radical (unpaired) electrons. The van der Waals surface area contributed by atoms with Crippen LogP contribution < -0.4 is 5.73 Å². The van der Waals surface area contributed by atoms with Crippen LogP contribution in [-0.4, -0.2) is 21.4 Å². The molecule has 0 aliphatic rings. The topological polar surface area (TPSA) is 94.9 Å². The highest BCUT2D eigenvalue weighted by Crippen LogP contribution is 2.18. The lowest BCUT2D eigenvalue weighted by molar-refractivity contribution is -0.384. The number of non-ortho nitro benzene ring substituents is 1. The van der Waals surface area contributed by atoms with Crippen LogP contribution in [0.3, 0.4) is 0 Å². The summed E-state index contributed by atoms with van der Waals surface area (Å²) in [5.74, 6) is 0.547. The van der Waals surface area contributed by atoms with Crippen molar-refractivity contribution in [3.63, 3.8) is 0 Å². The van der Waals surface area contributed by atoms with Crippen LogP contribution in [0, 0.1) is 10.1 Å². The molecule has 0 aliphatic carbocycles. The summed E-state index contributed by atoms with van der Waals surface area (Å²) in [6, 6.07) is 6.14. The molecule has 6 nitrogen and oxygen atoms in total. The molecule has 0 bridgehead atoms. The van der Waals surface area contributed by atoms with Crippen molar-refractivity contribution in [2.45, 2.75) is 6.42 Å². The fraction of sp³-hybridized carbons (Fsp3) is 0.167. The molecular weight excluding hydrogens is 232 g/mol. The molecule has 0 fully saturated rings. The molecule has 1 heterocycles. The van der Waals surface area contributed by atoms with Gasteiger partial charge in [-0.2, -0.15) is 0 Å². The van der Waals surface area contributed by atoms with E-state index < -0.39 is 4.92 Å². The third kappa shape index (κ3) is 2.67. The molecule has 0 amide bonds. The average molecular weight is 244 g/mol. The summed E-state index contributed by atoms with van der Waals surface area (Å²) in [6.45, 7) is 0.556. The molecular formula is C12H12N4O2. The van der Waals surface area contributed by atoms with Crippen molar-refractivity contribution in [3.05, 3.63) is 52.3 Å². The number of nitrogens with zero attached hydrogens (tertiary/aromatic N) is 3. The van der Waals surface area contributed by atoms with Gasteiger partial charge in [-0.25, -0.2) is 9.97 Å². The van der Waals surface area contributed by atoms with Crippen LogP contribution in [0.5, 0.6) is 0 Å². The highest BCUT2D eigenvalue weighted by molar-refractivity contribution is 5.56. The van der Waals surface area contributed by atoms with E-state index in [-0.39, 0.29) is 5.69 Å². The fourth-order valence-corrected chi connectivity index (χ4v) is 1.53. The molecule has 6 heteroatoms. The zero-order chi connectivity index (χ0) is 13.0. The quantitative estimate of drug-likeness (QED) is 0.650. The monoisotopic (exact) mass is 244 g/mol. The Bertz CT molecular complexity index is 537. The Balaban J connectivity index is 2.23. The minimum Gasteiger partial charge on any atom is -0.330 e. The minimum absolute atomic E-state index is 0.0542. The average Bonchev–Trinajstić information content (AvgIpc) is 2.40. The lowest BCUT2D eigenvalue weighted by Gasteiger charge is -2.01. The molecule has 18 heavy (non-hydrogen) atoms. The number of benzene rings is 1. The maximum absolute atomic E-state index is 10.5. The molecule has 0 spiro atoms. The van der Waals surface area contributed by atoms with Crippen molar-refractivity contribution in [2.75, 3.05) is 6.54 Å². The van der Waals surface area contributed by atoms with Crippen LogP contribution in [-0.2, 0) is 6.42 Å². The Morgan fingerprint density at radius 3 is 2.28 bits per heavy atom. The van der Waals surface area contributed by atoms with E-state index in [1.165, 1.54) is 12.1 Å². The van der Waals surface area contributed by atoms with E-state index in [0.717, 1.165) is 17.5 Å².